The van der Waals surface area contributed by atoms with Crippen LogP contribution >= 0.6 is 0 Å². The molecule has 2 aliphatic heterocycles. The van der Waals surface area contributed by atoms with E-state index in [0.717, 1.165) is 51.1 Å². The van der Waals surface area contributed by atoms with Crippen molar-refractivity contribution >= 4 is 10.2 Å². The van der Waals surface area contributed by atoms with Gasteiger partial charge in [-0.2, -0.15) is 17.4 Å². The molecule has 0 bridgehead atoms. The first-order valence-corrected chi connectivity index (χ1v) is 9.57. The maximum Gasteiger partial charge on any atom is 0.279 e. The van der Waals surface area contributed by atoms with E-state index in [9.17, 15) is 8.42 Å². The molecule has 0 radical (unpaired) electrons. The normalized spacial score (nSPS) is 30.5. The van der Waals surface area contributed by atoms with E-state index in [0.29, 0.717) is 13.1 Å². The minimum atomic E-state index is -3.27. The molecule has 0 aromatic rings. The van der Waals surface area contributed by atoms with Crippen molar-refractivity contribution < 1.29 is 8.42 Å². The van der Waals surface area contributed by atoms with Gasteiger partial charge in [-0.3, -0.25) is 0 Å². The lowest BCUT2D eigenvalue weighted by Crippen LogP contribution is -2.46. The fourth-order valence-corrected chi connectivity index (χ4v) is 4.83. The Balaban J connectivity index is 1.50. The summed E-state index contributed by atoms with van der Waals surface area (Å²) in [5.41, 5.74) is 0. The van der Waals surface area contributed by atoms with Gasteiger partial charge in [0.2, 0.25) is 0 Å². The highest BCUT2D eigenvalue weighted by Crippen LogP contribution is 2.30. The largest absolute Gasteiger partial charge is 0.301 e. The third kappa shape index (κ3) is 3.93. The van der Waals surface area contributed by atoms with Crippen LogP contribution in [0.15, 0.2) is 0 Å². The molecular weight excluding hydrogens is 274 g/mol. The Morgan fingerprint density at radius 3 is 2.30 bits per heavy atom. The average molecular weight is 301 g/mol. The lowest BCUT2D eigenvalue weighted by atomic mass is 10.2. The molecule has 3 fully saturated rings. The summed E-state index contributed by atoms with van der Waals surface area (Å²) in [6.45, 7) is 4.48. The zero-order chi connectivity index (χ0) is 14.0. The van der Waals surface area contributed by atoms with E-state index in [4.69, 9.17) is 0 Å². The van der Waals surface area contributed by atoms with Gasteiger partial charge in [0.05, 0.1) is 0 Å². The first kappa shape index (κ1) is 14.8. The van der Waals surface area contributed by atoms with Crippen LogP contribution in [0.4, 0.5) is 0 Å². The Bertz CT molecular complexity index is 414. The van der Waals surface area contributed by atoms with E-state index in [-0.39, 0.29) is 6.04 Å². The van der Waals surface area contributed by atoms with Gasteiger partial charge in [-0.05, 0) is 44.6 Å². The third-order valence-electron chi connectivity index (χ3n) is 4.71. The van der Waals surface area contributed by atoms with Crippen LogP contribution in [0.3, 0.4) is 0 Å². The van der Waals surface area contributed by atoms with Crippen LogP contribution in [0.1, 0.15) is 44.9 Å². The van der Waals surface area contributed by atoms with Gasteiger partial charge in [-0.1, -0.05) is 12.8 Å². The van der Waals surface area contributed by atoms with E-state index < -0.39 is 10.2 Å². The molecule has 116 valence electrons. The van der Waals surface area contributed by atoms with Gasteiger partial charge in [0.25, 0.3) is 10.2 Å². The van der Waals surface area contributed by atoms with Crippen molar-refractivity contribution in [3.8, 4) is 0 Å². The summed E-state index contributed by atoms with van der Waals surface area (Å²) in [6, 6.07) is 0.113. The number of nitrogens with one attached hydrogen (secondary N) is 1. The van der Waals surface area contributed by atoms with Crippen molar-refractivity contribution in [3.05, 3.63) is 0 Å². The van der Waals surface area contributed by atoms with E-state index in [2.05, 4.69) is 9.62 Å². The SMILES string of the molecule is O=S(=O)(NC1CCN(CC2CC2)C1)N1CCCCCC1. The molecule has 3 aliphatic rings. The molecule has 3 rings (SSSR count). The Labute approximate surface area is 122 Å². The molecule has 6 heteroatoms. The van der Waals surface area contributed by atoms with Gasteiger partial charge in [-0.15, -0.1) is 0 Å². The lowest BCUT2D eigenvalue weighted by Gasteiger charge is -2.23. The topological polar surface area (TPSA) is 52.7 Å². The van der Waals surface area contributed by atoms with Crippen molar-refractivity contribution in [2.24, 2.45) is 5.92 Å². The minimum Gasteiger partial charge on any atom is -0.301 e. The molecule has 2 saturated heterocycles. The second-order valence-electron chi connectivity index (χ2n) is 6.62. The van der Waals surface area contributed by atoms with Crippen molar-refractivity contribution in [1.29, 1.82) is 0 Å². The molecule has 0 amide bonds. The Morgan fingerprint density at radius 1 is 0.950 bits per heavy atom. The predicted molar refractivity (Wildman–Crippen MR) is 79.7 cm³/mol. The first-order valence-electron chi connectivity index (χ1n) is 8.13. The summed E-state index contributed by atoms with van der Waals surface area (Å²) < 4.78 is 29.5. The van der Waals surface area contributed by atoms with Gasteiger partial charge < -0.3 is 4.90 Å². The zero-order valence-electron chi connectivity index (χ0n) is 12.3. The number of hydrogen-bond donors (Lipinski definition) is 1. The van der Waals surface area contributed by atoms with E-state index in [1.165, 1.54) is 19.4 Å². The molecule has 1 atom stereocenters. The second kappa shape index (κ2) is 6.30. The van der Waals surface area contributed by atoms with Crippen LogP contribution < -0.4 is 4.72 Å². The first-order chi connectivity index (χ1) is 9.63. The molecule has 20 heavy (non-hydrogen) atoms. The van der Waals surface area contributed by atoms with Crippen LogP contribution in [-0.4, -0.2) is 56.4 Å². The fraction of sp³-hybridized carbons (Fsp3) is 1.00. The highest BCUT2D eigenvalue weighted by Gasteiger charge is 2.32. The summed E-state index contributed by atoms with van der Waals surface area (Å²) in [5, 5.41) is 0. The summed E-state index contributed by atoms with van der Waals surface area (Å²) in [7, 11) is -3.27. The van der Waals surface area contributed by atoms with Gasteiger partial charge in [0.1, 0.15) is 0 Å². The van der Waals surface area contributed by atoms with Gasteiger partial charge in [-0.25, -0.2) is 0 Å². The molecule has 2 heterocycles. The van der Waals surface area contributed by atoms with E-state index in [1.54, 1.807) is 4.31 Å². The van der Waals surface area contributed by atoms with Crippen LogP contribution in [0.25, 0.3) is 0 Å². The second-order valence-corrected chi connectivity index (χ2v) is 8.33. The van der Waals surface area contributed by atoms with E-state index >= 15 is 0 Å². The molecule has 1 unspecified atom stereocenters. The fourth-order valence-electron chi connectivity index (χ4n) is 3.33. The average Bonchev–Trinajstić information content (AvgIpc) is 3.15. The molecule has 5 nitrogen and oxygen atoms in total. The van der Waals surface area contributed by atoms with Crippen LogP contribution in [0.2, 0.25) is 0 Å². The predicted octanol–water partition coefficient (Wildman–Crippen LogP) is 1.18. The highest BCUT2D eigenvalue weighted by atomic mass is 32.2. The number of likely N-dealkylation sites (tertiary alicyclic amines) is 1. The highest BCUT2D eigenvalue weighted by molar-refractivity contribution is 7.87. The molecule has 0 aromatic carbocycles. The Hall–Kier alpha value is -0.170. The van der Waals surface area contributed by atoms with Crippen LogP contribution in [-0.2, 0) is 10.2 Å². The standard InChI is InChI=1S/C14H27N3O2S/c18-20(19,17-8-3-1-2-4-9-17)15-14-7-10-16(12-14)11-13-5-6-13/h13-15H,1-12H2. The number of hydrogen-bond acceptors (Lipinski definition) is 3. The van der Waals surface area contributed by atoms with Crippen molar-refractivity contribution in [2.45, 2.75) is 51.0 Å². The quantitative estimate of drug-likeness (QED) is 0.829. The smallest absolute Gasteiger partial charge is 0.279 e. The summed E-state index contributed by atoms with van der Waals surface area (Å²) in [4.78, 5) is 2.42. The number of nitrogens with zero attached hydrogens (tertiary/aromatic N) is 2. The maximum absolute atomic E-state index is 12.4. The monoisotopic (exact) mass is 301 g/mol. The van der Waals surface area contributed by atoms with Crippen LogP contribution in [0.5, 0.6) is 0 Å². The van der Waals surface area contributed by atoms with Crippen LogP contribution in [0, 0.1) is 5.92 Å². The lowest BCUT2D eigenvalue weighted by molar-refractivity contribution is 0.317. The van der Waals surface area contributed by atoms with Gasteiger partial charge >= 0.3 is 0 Å². The van der Waals surface area contributed by atoms with E-state index in [1.807, 2.05) is 0 Å². The molecule has 1 aliphatic carbocycles. The maximum atomic E-state index is 12.4. The molecule has 1 saturated carbocycles. The summed E-state index contributed by atoms with van der Waals surface area (Å²) in [5.74, 6) is 0.885. The number of rotatable bonds is 5. The Morgan fingerprint density at radius 2 is 1.65 bits per heavy atom. The summed E-state index contributed by atoms with van der Waals surface area (Å²) >= 11 is 0. The molecule has 1 N–H and O–H groups in total. The van der Waals surface area contributed by atoms with Crippen molar-refractivity contribution in [3.63, 3.8) is 0 Å². The van der Waals surface area contributed by atoms with Crippen molar-refractivity contribution in [1.82, 2.24) is 13.9 Å². The minimum absolute atomic E-state index is 0.113. The van der Waals surface area contributed by atoms with Gasteiger partial charge in [0.15, 0.2) is 0 Å². The summed E-state index contributed by atoms with van der Waals surface area (Å²) in [6.07, 6.45) is 8.00. The van der Waals surface area contributed by atoms with Gasteiger partial charge in [0, 0.05) is 32.2 Å². The molecule has 0 aromatic heterocycles. The molecular formula is C14H27N3O2S. The Kier molecular flexibility index (Phi) is 4.65. The third-order valence-corrected chi connectivity index (χ3v) is 6.38. The zero-order valence-corrected chi connectivity index (χ0v) is 13.1. The molecule has 0 spiro atoms. The van der Waals surface area contributed by atoms with Crippen molar-refractivity contribution in [2.75, 3.05) is 32.7 Å².